The highest BCUT2D eigenvalue weighted by Gasteiger charge is 2.10. The molecule has 3 rings (SSSR count). The first-order valence-corrected chi connectivity index (χ1v) is 9.27. The summed E-state index contributed by atoms with van der Waals surface area (Å²) >= 11 is 1.36. The van der Waals surface area contributed by atoms with Crippen molar-refractivity contribution in [1.82, 2.24) is 10.2 Å². The molecule has 1 N–H and O–H groups in total. The number of benzene rings is 2. The van der Waals surface area contributed by atoms with Gasteiger partial charge in [0.05, 0.1) is 6.61 Å². The molecule has 1 amide bonds. The minimum atomic E-state index is -0.0463. The Morgan fingerprint density at radius 2 is 1.88 bits per heavy atom. The monoisotopic (exact) mass is 369 g/mol. The van der Waals surface area contributed by atoms with Gasteiger partial charge in [-0.15, -0.1) is 10.2 Å². The van der Waals surface area contributed by atoms with Crippen molar-refractivity contribution in [3.63, 3.8) is 0 Å². The van der Waals surface area contributed by atoms with E-state index in [1.807, 2.05) is 61.5 Å². The van der Waals surface area contributed by atoms with E-state index in [0.29, 0.717) is 29.9 Å². The Hall–Kier alpha value is -2.80. The van der Waals surface area contributed by atoms with Crippen molar-refractivity contribution in [3.8, 4) is 17.2 Å². The topological polar surface area (TPSA) is 77.2 Å². The van der Waals surface area contributed by atoms with Crippen LogP contribution >= 0.6 is 11.8 Å². The molecule has 6 nitrogen and oxygen atoms in total. The Kier molecular flexibility index (Phi) is 6.27. The van der Waals surface area contributed by atoms with Crippen LogP contribution in [0.1, 0.15) is 13.3 Å². The van der Waals surface area contributed by atoms with Gasteiger partial charge >= 0.3 is 0 Å². The third-order valence-electron chi connectivity index (χ3n) is 3.43. The molecule has 0 bridgehead atoms. The smallest absolute Gasteiger partial charge is 0.276 e. The van der Waals surface area contributed by atoms with Crippen LogP contribution in [0.3, 0.4) is 0 Å². The number of thioether (sulfide) groups is 1. The number of carbonyl (C=O) groups is 1. The number of rotatable bonds is 8. The van der Waals surface area contributed by atoms with Gasteiger partial charge in [-0.2, -0.15) is 0 Å². The van der Waals surface area contributed by atoms with Crippen molar-refractivity contribution in [2.45, 2.75) is 18.6 Å². The summed E-state index contributed by atoms with van der Waals surface area (Å²) in [4.78, 5) is 11.9. The number of nitrogens with zero attached hydrogens (tertiary/aromatic N) is 2. The van der Waals surface area contributed by atoms with Gasteiger partial charge in [0.2, 0.25) is 11.8 Å². The van der Waals surface area contributed by atoms with Crippen LogP contribution in [0.5, 0.6) is 5.75 Å². The van der Waals surface area contributed by atoms with Gasteiger partial charge in [0.15, 0.2) is 0 Å². The van der Waals surface area contributed by atoms with Crippen LogP contribution in [-0.4, -0.2) is 28.5 Å². The number of hydrogen-bond acceptors (Lipinski definition) is 6. The highest BCUT2D eigenvalue weighted by atomic mass is 32.2. The van der Waals surface area contributed by atoms with Gasteiger partial charge in [0, 0.05) is 23.4 Å². The number of ether oxygens (including phenoxy) is 1. The zero-order valence-electron chi connectivity index (χ0n) is 14.3. The molecule has 7 heteroatoms. The SMILES string of the molecule is CCOc1ccc(-c2nnc(SCCC(=O)Nc3ccccc3)o2)cc1. The molecular formula is C19H19N3O3S. The molecule has 0 saturated carbocycles. The number of nitrogens with one attached hydrogen (secondary N) is 1. The molecule has 0 aliphatic rings. The normalized spacial score (nSPS) is 10.5. The summed E-state index contributed by atoms with van der Waals surface area (Å²) in [5.74, 6) is 1.76. The zero-order valence-corrected chi connectivity index (χ0v) is 15.2. The van der Waals surface area contributed by atoms with Gasteiger partial charge in [-0.1, -0.05) is 30.0 Å². The molecular weight excluding hydrogens is 350 g/mol. The quantitative estimate of drug-likeness (QED) is 0.598. The summed E-state index contributed by atoms with van der Waals surface area (Å²) in [5, 5.41) is 11.4. The van der Waals surface area contributed by atoms with Gasteiger partial charge in [-0.05, 0) is 43.3 Å². The fraction of sp³-hybridized carbons (Fsp3) is 0.211. The summed E-state index contributed by atoms with van der Waals surface area (Å²) < 4.78 is 11.0. The maximum Gasteiger partial charge on any atom is 0.276 e. The van der Waals surface area contributed by atoms with Gasteiger partial charge in [-0.3, -0.25) is 4.79 Å². The Balaban J connectivity index is 1.48. The molecule has 0 spiro atoms. The van der Waals surface area contributed by atoms with Crippen molar-refractivity contribution in [2.24, 2.45) is 0 Å². The molecule has 26 heavy (non-hydrogen) atoms. The molecule has 0 fully saturated rings. The molecule has 0 atom stereocenters. The predicted octanol–water partition coefficient (Wildman–Crippen LogP) is 4.26. The predicted molar refractivity (Wildman–Crippen MR) is 101 cm³/mol. The Bertz CT molecular complexity index is 835. The molecule has 1 heterocycles. The number of anilines is 1. The van der Waals surface area contributed by atoms with Crippen molar-refractivity contribution in [1.29, 1.82) is 0 Å². The van der Waals surface area contributed by atoms with Crippen LogP contribution < -0.4 is 10.1 Å². The van der Waals surface area contributed by atoms with Crippen LogP contribution in [0.25, 0.3) is 11.5 Å². The molecule has 0 aliphatic carbocycles. The van der Waals surface area contributed by atoms with Crippen LogP contribution in [0.2, 0.25) is 0 Å². The summed E-state index contributed by atoms with van der Waals surface area (Å²) in [6.07, 6.45) is 0.361. The van der Waals surface area contributed by atoms with E-state index in [1.54, 1.807) is 0 Å². The Morgan fingerprint density at radius 3 is 2.62 bits per heavy atom. The van der Waals surface area contributed by atoms with Gasteiger partial charge in [0.25, 0.3) is 5.22 Å². The fourth-order valence-corrected chi connectivity index (χ4v) is 2.92. The molecule has 2 aromatic carbocycles. The Labute approximate surface area is 156 Å². The van der Waals surface area contributed by atoms with E-state index in [-0.39, 0.29) is 5.91 Å². The maximum atomic E-state index is 11.9. The highest BCUT2D eigenvalue weighted by molar-refractivity contribution is 7.99. The number of aromatic nitrogens is 2. The average molecular weight is 369 g/mol. The van der Waals surface area contributed by atoms with Gasteiger partial charge in [0.1, 0.15) is 5.75 Å². The third-order valence-corrected chi connectivity index (χ3v) is 4.25. The lowest BCUT2D eigenvalue weighted by atomic mass is 10.2. The highest BCUT2D eigenvalue weighted by Crippen LogP contribution is 2.25. The van der Waals surface area contributed by atoms with Gasteiger partial charge < -0.3 is 14.5 Å². The number of para-hydroxylation sites is 1. The third kappa shape index (κ3) is 5.10. The number of amides is 1. The largest absolute Gasteiger partial charge is 0.494 e. The molecule has 0 aliphatic heterocycles. The maximum absolute atomic E-state index is 11.9. The minimum absolute atomic E-state index is 0.0463. The van der Waals surface area contributed by atoms with Crippen molar-refractivity contribution in [3.05, 3.63) is 54.6 Å². The molecule has 3 aromatic rings. The van der Waals surface area contributed by atoms with E-state index in [9.17, 15) is 4.79 Å². The first kappa shape index (κ1) is 18.0. The summed E-state index contributed by atoms with van der Waals surface area (Å²) in [6, 6.07) is 16.9. The van der Waals surface area contributed by atoms with Crippen LogP contribution in [0.15, 0.2) is 64.2 Å². The number of carbonyl (C=O) groups excluding carboxylic acids is 1. The molecule has 134 valence electrons. The summed E-state index contributed by atoms with van der Waals surface area (Å²) in [7, 11) is 0. The zero-order chi connectivity index (χ0) is 18.2. The van der Waals surface area contributed by atoms with Crippen LogP contribution in [0, 0.1) is 0 Å². The van der Waals surface area contributed by atoms with E-state index in [0.717, 1.165) is 17.0 Å². The van der Waals surface area contributed by atoms with Crippen LogP contribution in [-0.2, 0) is 4.79 Å². The second-order valence-electron chi connectivity index (χ2n) is 5.34. The van der Waals surface area contributed by atoms with Crippen molar-refractivity contribution in [2.75, 3.05) is 17.7 Å². The molecule has 0 saturated heterocycles. The van der Waals surface area contributed by atoms with E-state index >= 15 is 0 Å². The second kappa shape index (κ2) is 9.05. The lowest BCUT2D eigenvalue weighted by Crippen LogP contribution is -2.11. The first-order valence-electron chi connectivity index (χ1n) is 8.29. The van der Waals surface area contributed by atoms with Gasteiger partial charge in [-0.25, -0.2) is 0 Å². The molecule has 0 radical (unpaired) electrons. The molecule has 1 aromatic heterocycles. The van der Waals surface area contributed by atoms with Crippen molar-refractivity contribution < 1.29 is 13.9 Å². The minimum Gasteiger partial charge on any atom is -0.494 e. The lowest BCUT2D eigenvalue weighted by molar-refractivity contribution is -0.115. The van der Waals surface area contributed by atoms with E-state index in [2.05, 4.69) is 15.5 Å². The molecule has 0 unspecified atom stereocenters. The Morgan fingerprint density at radius 1 is 1.12 bits per heavy atom. The standard InChI is InChI=1S/C19H19N3O3S/c1-2-24-16-10-8-14(9-11-16)18-21-22-19(25-18)26-13-12-17(23)20-15-6-4-3-5-7-15/h3-11H,2,12-13H2,1H3,(H,20,23). The second-order valence-corrected chi connectivity index (χ2v) is 6.39. The first-order chi connectivity index (χ1) is 12.7. The van der Waals surface area contributed by atoms with E-state index < -0.39 is 0 Å². The van der Waals surface area contributed by atoms with E-state index in [4.69, 9.17) is 9.15 Å². The van der Waals surface area contributed by atoms with Crippen LogP contribution in [0.4, 0.5) is 5.69 Å². The lowest BCUT2D eigenvalue weighted by Gasteiger charge is -2.03. The number of hydrogen-bond donors (Lipinski definition) is 1. The summed E-state index contributed by atoms with van der Waals surface area (Å²) in [5.41, 5.74) is 1.62. The fourth-order valence-electron chi connectivity index (χ4n) is 2.22. The van der Waals surface area contributed by atoms with Crippen molar-refractivity contribution >= 4 is 23.4 Å². The summed E-state index contributed by atoms with van der Waals surface area (Å²) in [6.45, 7) is 2.56. The van der Waals surface area contributed by atoms with E-state index in [1.165, 1.54) is 11.8 Å². The average Bonchev–Trinajstić information content (AvgIpc) is 3.12.